The Hall–Kier alpha value is -2.07. The van der Waals surface area contributed by atoms with Crippen LogP contribution in [0, 0.1) is 15.9 Å². The van der Waals surface area contributed by atoms with Crippen LogP contribution in [0.4, 0.5) is 15.8 Å². The molecule has 2 aromatic rings. The molecule has 0 saturated carbocycles. The van der Waals surface area contributed by atoms with Gasteiger partial charge in [-0.3, -0.25) is 14.8 Å². The molecule has 1 N–H and O–H groups in total. The van der Waals surface area contributed by atoms with Gasteiger partial charge in [-0.15, -0.1) is 0 Å². The smallest absolute Gasteiger partial charge is 0.272 e. The van der Waals surface area contributed by atoms with E-state index in [2.05, 4.69) is 25.6 Å². The van der Waals surface area contributed by atoms with Crippen LogP contribution in [0.15, 0.2) is 46.0 Å². The van der Waals surface area contributed by atoms with Gasteiger partial charge < -0.3 is 0 Å². The molecule has 0 unspecified atom stereocenters. The molecular formula is C11H7BrFN3O4S. The molecule has 1 aromatic heterocycles. The van der Waals surface area contributed by atoms with Gasteiger partial charge in [0, 0.05) is 6.07 Å². The molecule has 0 aliphatic heterocycles. The Labute approximate surface area is 127 Å². The van der Waals surface area contributed by atoms with Gasteiger partial charge in [0.2, 0.25) is 0 Å². The fourth-order valence-corrected chi connectivity index (χ4v) is 2.81. The number of halogens is 2. The summed E-state index contributed by atoms with van der Waals surface area (Å²) in [6.07, 6.45) is 1.24. The molecule has 0 amide bonds. The Morgan fingerprint density at radius 3 is 2.52 bits per heavy atom. The highest BCUT2D eigenvalue weighted by atomic mass is 79.9. The zero-order valence-electron chi connectivity index (χ0n) is 10.2. The van der Waals surface area contributed by atoms with Crippen molar-refractivity contribution in [3.05, 3.63) is 57.1 Å². The van der Waals surface area contributed by atoms with Crippen molar-refractivity contribution in [2.24, 2.45) is 0 Å². The first-order chi connectivity index (χ1) is 9.79. The third-order valence-electron chi connectivity index (χ3n) is 2.40. The number of nitrogens with zero attached hydrogens (tertiary/aromatic N) is 2. The third-order valence-corrected chi connectivity index (χ3v) is 4.28. The molecule has 0 aliphatic rings. The molecule has 0 saturated heterocycles. The summed E-state index contributed by atoms with van der Waals surface area (Å²) in [6, 6.07) is 5.23. The lowest BCUT2D eigenvalue weighted by atomic mass is 10.3. The summed E-state index contributed by atoms with van der Waals surface area (Å²) in [5, 5.41) is 10.5. The standard InChI is InChI=1S/C11H7BrFN3O4S/c12-11-4-1-7(6-14-11)15-21(19,20)10-3-2-8(16(17)18)5-9(10)13/h1-6,15H. The first-order valence-corrected chi connectivity index (χ1v) is 7.65. The zero-order chi connectivity index (χ0) is 15.6. The first kappa shape index (κ1) is 15.3. The summed E-state index contributed by atoms with van der Waals surface area (Å²) in [5.41, 5.74) is -0.396. The SMILES string of the molecule is O=[N+]([O-])c1ccc(S(=O)(=O)Nc2ccc(Br)nc2)c(F)c1. The van der Waals surface area contributed by atoms with E-state index < -0.39 is 31.3 Å². The number of nitro benzene ring substituents is 1. The van der Waals surface area contributed by atoms with Crippen LogP contribution >= 0.6 is 15.9 Å². The summed E-state index contributed by atoms with van der Waals surface area (Å²) in [6.45, 7) is 0. The van der Waals surface area contributed by atoms with Crippen LogP contribution in [-0.4, -0.2) is 18.3 Å². The van der Waals surface area contributed by atoms with Gasteiger partial charge in [-0.1, -0.05) is 0 Å². The van der Waals surface area contributed by atoms with Crippen LogP contribution < -0.4 is 4.72 Å². The van der Waals surface area contributed by atoms with E-state index in [1.165, 1.54) is 18.3 Å². The molecule has 1 heterocycles. The van der Waals surface area contributed by atoms with Crippen LogP contribution in [0.2, 0.25) is 0 Å². The molecule has 10 heteroatoms. The Morgan fingerprint density at radius 1 is 1.29 bits per heavy atom. The van der Waals surface area contributed by atoms with E-state index in [0.29, 0.717) is 10.7 Å². The van der Waals surface area contributed by atoms with Crippen LogP contribution in [0.3, 0.4) is 0 Å². The van der Waals surface area contributed by atoms with Crippen LogP contribution in [0.25, 0.3) is 0 Å². The molecule has 0 radical (unpaired) electrons. The number of aromatic nitrogens is 1. The van der Waals surface area contributed by atoms with Gasteiger partial charge in [-0.05, 0) is 34.1 Å². The predicted molar refractivity (Wildman–Crippen MR) is 75.8 cm³/mol. The van der Waals surface area contributed by atoms with Crippen LogP contribution in [0.1, 0.15) is 0 Å². The number of pyridine rings is 1. The van der Waals surface area contributed by atoms with Crippen molar-refractivity contribution in [1.82, 2.24) is 4.98 Å². The summed E-state index contributed by atoms with van der Waals surface area (Å²) >= 11 is 3.09. The number of sulfonamides is 1. The fourth-order valence-electron chi connectivity index (χ4n) is 1.47. The van der Waals surface area contributed by atoms with Crippen molar-refractivity contribution in [2.45, 2.75) is 4.90 Å². The van der Waals surface area contributed by atoms with Crippen molar-refractivity contribution in [2.75, 3.05) is 4.72 Å². The molecule has 2 rings (SSSR count). The molecule has 0 bridgehead atoms. The van der Waals surface area contributed by atoms with E-state index in [0.717, 1.165) is 12.1 Å². The highest BCUT2D eigenvalue weighted by molar-refractivity contribution is 9.10. The van der Waals surface area contributed by atoms with Crippen molar-refractivity contribution in [3.63, 3.8) is 0 Å². The number of nitrogens with one attached hydrogen (secondary N) is 1. The molecule has 0 aliphatic carbocycles. The minimum absolute atomic E-state index is 0.135. The first-order valence-electron chi connectivity index (χ1n) is 5.38. The van der Waals surface area contributed by atoms with Crippen LogP contribution in [0.5, 0.6) is 0 Å². The van der Waals surface area contributed by atoms with E-state index in [1.807, 2.05) is 0 Å². The Morgan fingerprint density at radius 2 is 2.00 bits per heavy atom. The number of nitro groups is 1. The summed E-state index contributed by atoms with van der Waals surface area (Å²) < 4.78 is 40.4. The molecule has 0 atom stereocenters. The topological polar surface area (TPSA) is 102 Å². The molecule has 0 spiro atoms. The van der Waals surface area contributed by atoms with Crippen LogP contribution in [-0.2, 0) is 10.0 Å². The maximum Gasteiger partial charge on any atom is 0.272 e. The second kappa shape index (κ2) is 5.74. The lowest BCUT2D eigenvalue weighted by molar-refractivity contribution is -0.385. The zero-order valence-corrected chi connectivity index (χ0v) is 12.6. The van der Waals surface area contributed by atoms with Crippen molar-refractivity contribution < 1.29 is 17.7 Å². The average molecular weight is 376 g/mol. The molecular weight excluding hydrogens is 369 g/mol. The van der Waals surface area contributed by atoms with Gasteiger partial charge >= 0.3 is 0 Å². The van der Waals surface area contributed by atoms with Gasteiger partial charge in [0.25, 0.3) is 15.7 Å². The minimum Gasteiger partial charge on any atom is -0.278 e. The largest absolute Gasteiger partial charge is 0.278 e. The lowest BCUT2D eigenvalue weighted by Crippen LogP contribution is -2.14. The van der Waals surface area contributed by atoms with Gasteiger partial charge in [0.05, 0.1) is 22.9 Å². The summed E-state index contributed by atoms with van der Waals surface area (Å²) in [7, 11) is -4.20. The molecule has 1 aromatic carbocycles. The lowest BCUT2D eigenvalue weighted by Gasteiger charge is -2.08. The number of non-ortho nitro benzene ring substituents is 1. The number of hydrogen-bond acceptors (Lipinski definition) is 5. The van der Waals surface area contributed by atoms with Gasteiger partial charge in [-0.25, -0.2) is 17.8 Å². The highest BCUT2D eigenvalue weighted by Gasteiger charge is 2.21. The van der Waals surface area contributed by atoms with Crippen molar-refractivity contribution in [1.29, 1.82) is 0 Å². The quantitative estimate of drug-likeness (QED) is 0.502. The second-order valence-corrected chi connectivity index (χ2v) is 6.31. The average Bonchev–Trinajstić information content (AvgIpc) is 2.40. The predicted octanol–water partition coefficient (Wildman–Crippen LogP) is 2.69. The highest BCUT2D eigenvalue weighted by Crippen LogP contribution is 2.23. The monoisotopic (exact) mass is 375 g/mol. The normalized spacial score (nSPS) is 11.1. The number of rotatable bonds is 4. The molecule has 110 valence electrons. The van der Waals surface area contributed by atoms with E-state index in [9.17, 15) is 22.9 Å². The molecule has 7 nitrogen and oxygen atoms in total. The van der Waals surface area contributed by atoms with E-state index >= 15 is 0 Å². The summed E-state index contributed by atoms with van der Waals surface area (Å²) in [4.78, 5) is 12.8. The van der Waals surface area contributed by atoms with E-state index in [4.69, 9.17) is 0 Å². The number of hydrogen-bond donors (Lipinski definition) is 1. The number of anilines is 1. The van der Waals surface area contributed by atoms with E-state index in [-0.39, 0.29) is 5.69 Å². The van der Waals surface area contributed by atoms with Crippen molar-refractivity contribution >= 4 is 37.3 Å². The maximum atomic E-state index is 13.7. The molecule has 21 heavy (non-hydrogen) atoms. The third kappa shape index (κ3) is 3.52. The Balaban J connectivity index is 2.35. The summed E-state index contributed by atoms with van der Waals surface area (Å²) in [5.74, 6) is -1.21. The maximum absolute atomic E-state index is 13.7. The van der Waals surface area contributed by atoms with Crippen molar-refractivity contribution in [3.8, 4) is 0 Å². The van der Waals surface area contributed by atoms with Gasteiger partial charge in [0.15, 0.2) is 5.82 Å². The Kier molecular flexibility index (Phi) is 4.19. The Bertz CT molecular complexity index is 796. The number of benzene rings is 1. The molecule has 0 fully saturated rings. The fraction of sp³-hybridized carbons (Fsp3) is 0. The van der Waals surface area contributed by atoms with Gasteiger partial charge in [-0.2, -0.15) is 0 Å². The van der Waals surface area contributed by atoms with E-state index in [1.54, 1.807) is 0 Å². The second-order valence-electron chi connectivity index (χ2n) is 3.85. The van der Waals surface area contributed by atoms with Gasteiger partial charge in [0.1, 0.15) is 9.50 Å². The minimum atomic E-state index is -4.20.